The van der Waals surface area contributed by atoms with Gasteiger partial charge in [-0.1, -0.05) is 15.9 Å². The molecule has 20 heavy (non-hydrogen) atoms. The molecule has 106 valence electrons. The van der Waals surface area contributed by atoms with Crippen LogP contribution in [-0.2, 0) is 0 Å². The summed E-state index contributed by atoms with van der Waals surface area (Å²) < 4.78 is 8.66. The van der Waals surface area contributed by atoms with E-state index in [1.165, 1.54) is 18.5 Å². The average molecular weight is 336 g/mol. The highest BCUT2D eigenvalue weighted by atomic mass is 79.9. The number of benzene rings is 1. The molecule has 5 heteroatoms. The Hall–Kier alpha value is -1.33. The smallest absolute Gasteiger partial charge is 0.142 e. The minimum atomic E-state index is 0.509. The number of aromatic nitrogens is 2. The average Bonchev–Trinajstić information content (AvgIpc) is 2.97. The first-order chi connectivity index (χ1) is 9.79. The second-order valence-electron chi connectivity index (χ2n) is 5.05. The molecule has 1 aromatic carbocycles. The topological polar surface area (TPSA) is 39.1 Å². The second-order valence-corrected chi connectivity index (χ2v) is 5.96. The Kier molecular flexibility index (Phi) is 4.08. The number of nitrogens with zero attached hydrogens (tertiary/aromatic N) is 2. The van der Waals surface area contributed by atoms with Crippen molar-refractivity contribution in [3.63, 3.8) is 0 Å². The predicted octanol–water partition coefficient (Wildman–Crippen LogP) is 3.11. The van der Waals surface area contributed by atoms with E-state index in [1.54, 1.807) is 7.11 Å². The highest BCUT2D eigenvalue weighted by Crippen LogP contribution is 2.31. The van der Waals surface area contributed by atoms with Crippen LogP contribution < -0.4 is 10.1 Å². The second kappa shape index (κ2) is 5.97. The van der Waals surface area contributed by atoms with Gasteiger partial charge in [0.1, 0.15) is 5.75 Å². The van der Waals surface area contributed by atoms with Gasteiger partial charge in [0, 0.05) is 28.8 Å². The van der Waals surface area contributed by atoms with Crippen LogP contribution in [0.1, 0.15) is 24.5 Å². The van der Waals surface area contributed by atoms with Gasteiger partial charge in [0.05, 0.1) is 19.1 Å². The van der Waals surface area contributed by atoms with E-state index >= 15 is 0 Å². The molecule has 0 aliphatic carbocycles. The SMILES string of the molecule is COc1ccc(Br)cc1-n1cncc1C1CCCNC1. The summed E-state index contributed by atoms with van der Waals surface area (Å²) in [6, 6.07) is 6.03. The van der Waals surface area contributed by atoms with Crippen molar-refractivity contribution in [1.82, 2.24) is 14.9 Å². The van der Waals surface area contributed by atoms with Crippen molar-refractivity contribution >= 4 is 15.9 Å². The van der Waals surface area contributed by atoms with Crippen molar-refractivity contribution < 1.29 is 4.74 Å². The third-order valence-electron chi connectivity index (χ3n) is 3.78. The van der Waals surface area contributed by atoms with Gasteiger partial charge >= 0.3 is 0 Å². The van der Waals surface area contributed by atoms with Crippen molar-refractivity contribution in [2.45, 2.75) is 18.8 Å². The Morgan fingerprint density at radius 3 is 3.10 bits per heavy atom. The lowest BCUT2D eigenvalue weighted by Crippen LogP contribution is -2.29. The largest absolute Gasteiger partial charge is 0.495 e. The zero-order chi connectivity index (χ0) is 13.9. The maximum atomic E-state index is 5.48. The van der Waals surface area contributed by atoms with Gasteiger partial charge in [0.2, 0.25) is 0 Å². The number of halogens is 1. The van der Waals surface area contributed by atoms with Crippen LogP contribution in [0, 0.1) is 0 Å². The number of hydrogen-bond donors (Lipinski definition) is 1. The molecular weight excluding hydrogens is 318 g/mol. The van der Waals surface area contributed by atoms with E-state index in [-0.39, 0.29) is 0 Å². The Labute approximate surface area is 127 Å². The summed E-state index contributed by atoms with van der Waals surface area (Å²) in [6.07, 6.45) is 6.26. The fourth-order valence-electron chi connectivity index (χ4n) is 2.76. The number of methoxy groups -OCH3 is 1. The monoisotopic (exact) mass is 335 g/mol. The van der Waals surface area contributed by atoms with Crippen LogP contribution in [0.25, 0.3) is 5.69 Å². The molecule has 2 aromatic rings. The van der Waals surface area contributed by atoms with Crippen LogP contribution in [0.2, 0.25) is 0 Å². The van der Waals surface area contributed by atoms with Crippen LogP contribution >= 0.6 is 15.9 Å². The summed E-state index contributed by atoms with van der Waals surface area (Å²) >= 11 is 3.53. The van der Waals surface area contributed by atoms with E-state index in [1.807, 2.05) is 24.7 Å². The number of nitrogens with one attached hydrogen (secondary N) is 1. The van der Waals surface area contributed by atoms with Crippen molar-refractivity contribution in [2.24, 2.45) is 0 Å². The molecular formula is C15H18BrN3O. The molecule has 0 saturated carbocycles. The molecule has 4 nitrogen and oxygen atoms in total. The highest BCUT2D eigenvalue weighted by Gasteiger charge is 2.20. The minimum absolute atomic E-state index is 0.509. The predicted molar refractivity (Wildman–Crippen MR) is 82.7 cm³/mol. The van der Waals surface area contributed by atoms with E-state index in [4.69, 9.17) is 4.74 Å². The van der Waals surface area contributed by atoms with E-state index in [0.717, 1.165) is 29.0 Å². The lowest BCUT2D eigenvalue weighted by atomic mass is 9.96. The zero-order valence-electron chi connectivity index (χ0n) is 11.5. The van der Waals surface area contributed by atoms with Gasteiger partial charge in [0.15, 0.2) is 0 Å². The summed E-state index contributed by atoms with van der Waals surface area (Å²) in [4.78, 5) is 4.34. The molecule has 1 fully saturated rings. The van der Waals surface area contributed by atoms with E-state index in [9.17, 15) is 0 Å². The molecule has 1 atom stereocenters. The first-order valence-corrected chi connectivity index (χ1v) is 7.66. The van der Waals surface area contributed by atoms with Gasteiger partial charge in [-0.15, -0.1) is 0 Å². The van der Waals surface area contributed by atoms with Gasteiger partial charge in [0.25, 0.3) is 0 Å². The van der Waals surface area contributed by atoms with Crippen LogP contribution in [0.15, 0.2) is 35.2 Å². The summed E-state index contributed by atoms with van der Waals surface area (Å²) in [6.45, 7) is 2.13. The highest BCUT2D eigenvalue weighted by molar-refractivity contribution is 9.10. The molecule has 0 amide bonds. The van der Waals surface area contributed by atoms with Crippen molar-refractivity contribution in [3.8, 4) is 11.4 Å². The molecule has 0 spiro atoms. The summed E-state index contributed by atoms with van der Waals surface area (Å²) in [5.74, 6) is 1.37. The van der Waals surface area contributed by atoms with Crippen molar-refractivity contribution in [1.29, 1.82) is 0 Å². The maximum absolute atomic E-state index is 5.48. The summed E-state index contributed by atoms with van der Waals surface area (Å²) in [5.41, 5.74) is 2.27. The minimum Gasteiger partial charge on any atom is -0.495 e. The van der Waals surface area contributed by atoms with Gasteiger partial charge in [-0.05, 0) is 37.6 Å². The third-order valence-corrected chi connectivity index (χ3v) is 4.28. The number of ether oxygens (including phenoxy) is 1. The number of hydrogen-bond acceptors (Lipinski definition) is 3. The molecule has 1 aromatic heterocycles. The number of rotatable bonds is 3. The van der Waals surface area contributed by atoms with Crippen LogP contribution in [0.3, 0.4) is 0 Å². The normalized spacial score (nSPS) is 19.0. The van der Waals surface area contributed by atoms with Crippen molar-refractivity contribution in [2.75, 3.05) is 20.2 Å². The van der Waals surface area contributed by atoms with Gasteiger partial charge in [-0.25, -0.2) is 4.98 Å². The summed E-state index contributed by atoms with van der Waals surface area (Å²) in [7, 11) is 1.70. The molecule has 2 heterocycles. The quantitative estimate of drug-likeness (QED) is 0.936. The Morgan fingerprint density at radius 2 is 2.35 bits per heavy atom. The fourth-order valence-corrected chi connectivity index (χ4v) is 3.11. The number of imidazole rings is 1. The lowest BCUT2D eigenvalue weighted by Gasteiger charge is -2.24. The summed E-state index contributed by atoms with van der Waals surface area (Å²) in [5, 5.41) is 3.46. The lowest BCUT2D eigenvalue weighted by molar-refractivity contribution is 0.410. The van der Waals surface area contributed by atoms with Gasteiger partial charge in [-0.3, -0.25) is 4.57 Å². The fraction of sp³-hybridized carbons (Fsp3) is 0.400. The first kappa shape index (κ1) is 13.6. The Morgan fingerprint density at radius 1 is 1.45 bits per heavy atom. The van der Waals surface area contributed by atoms with Crippen LogP contribution in [0.5, 0.6) is 5.75 Å². The standard InChI is InChI=1S/C15H18BrN3O/c1-20-15-5-4-12(16)7-13(15)19-10-18-9-14(19)11-3-2-6-17-8-11/h4-5,7,9-11,17H,2-3,6,8H2,1H3. The van der Waals surface area contributed by atoms with Crippen molar-refractivity contribution in [3.05, 3.63) is 40.9 Å². The molecule has 1 saturated heterocycles. The van der Waals surface area contributed by atoms with Gasteiger partial charge in [-0.2, -0.15) is 0 Å². The molecule has 0 radical (unpaired) electrons. The van der Waals surface area contributed by atoms with Crippen LogP contribution in [-0.4, -0.2) is 29.8 Å². The Bertz CT molecular complexity index is 591. The van der Waals surface area contributed by atoms with E-state index in [2.05, 4.69) is 36.9 Å². The Balaban J connectivity index is 2.02. The van der Waals surface area contributed by atoms with E-state index in [0.29, 0.717) is 5.92 Å². The third kappa shape index (κ3) is 2.60. The molecule has 1 N–H and O–H groups in total. The number of piperidine rings is 1. The maximum Gasteiger partial charge on any atom is 0.142 e. The molecule has 0 bridgehead atoms. The molecule has 1 aliphatic rings. The van der Waals surface area contributed by atoms with Gasteiger partial charge < -0.3 is 10.1 Å². The zero-order valence-corrected chi connectivity index (χ0v) is 13.1. The first-order valence-electron chi connectivity index (χ1n) is 6.86. The van der Waals surface area contributed by atoms with Crippen LogP contribution in [0.4, 0.5) is 0 Å². The molecule has 1 unspecified atom stereocenters. The molecule has 1 aliphatic heterocycles. The van der Waals surface area contributed by atoms with E-state index < -0.39 is 0 Å². The molecule has 3 rings (SSSR count).